The van der Waals surface area contributed by atoms with E-state index in [2.05, 4.69) is 47.2 Å². The van der Waals surface area contributed by atoms with E-state index in [4.69, 9.17) is 10.8 Å². The Morgan fingerprint density at radius 1 is 0.487 bits per heavy atom. The van der Waals surface area contributed by atoms with Gasteiger partial charge in [0.15, 0.2) is 0 Å². The fourth-order valence-corrected chi connectivity index (χ4v) is 8.09. The molecule has 0 unspecified atom stereocenters. The van der Waals surface area contributed by atoms with Crippen LogP contribution >= 0.6 is 0 Å². The lowest BCUT2D eigenvalue weighted by Crippen LogP contribution is -2.62. The topological polar surface area (TPSA) is 431 Å². The van der Waals surface area contributed by atoms with Crippen LogP contribution in [0.4, 0.5) is 0 Å². The van der Waals surface area contributed by atoms with E-state index in [0.29, 0.717) is 22.4 Å². The quantitative estimate of drug-likeness (QED) is 0.0307. The number of phenolic OH excluding ortho intramolecular Hbond substituents is 3. The van der Waals surface area contributed by atoms with Gasteiger partial charge in [-0.05, 0) is 77.8 Å². The Hall–Kier alpha value is -9.07. The van der Waals surface area contributed by atoms with Crippen molar-refractivity contribution in [1.29, 1.82) is 0 Å². The summed E-state index contributed by atoms with van der Waals surface area (Å²) in [6.45, 7) is 6.49. The van der Waals surface area contributed by atoms with Crippen molar-refractivity contribution in [3.8, 4) is 17.2 Å². The molecule has 0 aliphatic rings. The number of aliphatic carboxylic acids is 3. The minimum absolute atomic E-state index is 0.109. The first-order valence-electron chi connectivity index (χ1n) is 25.7. The number of aromatic nitrogens is 2. The van der Waals surface area contributed by atoms with Crippen LogP contribution in [0, 0.1) is 11.8 Å². The van der Waals surface area contributed by atoms with Crippen LogP contribution in [-0.4, -0.2) is 148 Å². The van der Waals surface area contributed by atoms with Gasteiger partial charge in [-0.15, -0.1) is 0 Å². The number of nitrogens with two attached hydrogens (primary N) is 1. The number of carbonyl (C=O) groups excluding carboxylic acids is 7. The van der Waals surface area contributed by atoms with Crippen molar-refractivity contribution in [1.82, 2.24) is 47.2 Å². The summed E-state index contributed by atoms with van der Waals surface area (Å²) in [5.74, 6) is -12.2. The van der Waals surface area contributed by atoms with E-state index in [9.17, 15) is 73.5 Å². The number of phenols is 3. The van der Waals surface area contributed by atoms with E-state index < -0.39 is 139 Å². The van der Waals surface area contributed by atoms with E-state index in [1.165, 1.54) is 85.3 Å². The molecule has 0 aliphatic carbocycles. The van der Waals surface area contributed by atoms with Crippen LogP contribution in [0.1, 0.15) is 82.2 Å². The summed E-state index contributed by atoms with van der Waals surface area (Å²) in [6.07, 6.45) is 0.123. The zero-order chi connectivity index (χ0) is 59.2. The Kier molecular flexibility index (Phi) is 24.4. The fourth-order valence-electron chi connectivity index (χ4n) is 8.09. The molecule has 26 nitrogen and oxygen atoms in total. The standard InChI is InChI=1S/C54H70N10O16/c1-5-29(4)46(64-48(73)38(19-21-44(70)71)58-47(72)37(55)18-20-43(68)69)53(78)61-40(23-31-8-14-35(66)15-9-31)50(75)59-39(22-30-6-12-34(65)13-7-30)49(74)60-41(24-32-10-16-36(67)17-11-32)51(76)63-45(28(2)3)52(77)62-42(54(79)80)25-33-26-56-27-57-33/h6-17,26-29,37-42,45-46,65-67H,5,18-25,55H2,1-4H3,(H,56,57)(H,58,72)(H,59,75)(H,60,74)(H,61,78)(H,62,77)(H,63,76)(H,64,73)(H,68,69)(H,70,71)(H,79,80)/t29-,37-,38-,39-,40-,41-,42-,45-,46-/m0/s1. The molecule has 16 N–H and O–H groups in total. The minimum Gasteiger partial charge on any atom is -0.508 e. The average Bonchev–Trinajstić information content (AvgIpc) is 3.93. The maximum Gasteiger partial charge on any atom is 0.326 e. The monoisotopic (exact) mass is 1110 g/mol. The van der Waals surface area contributed by atoms with Gasteiger partial charge in [-0.25, -0.2) is 9.78 Å². The van der Waals surface area contributed by atoms with Crippen LogP contribution < -0.4 is 43.0 Å². The van der Waals surface area contributed by atoms with Gasteiger partial charge in [0.25, 0.3) is 0 Å². The molecule has 1 aromatic heterocycles. The summed E-state index contributed by atoms with van der Waals surface area (Å²) in [4.78, 5) is 141. The van der Waals surface area contributed by atoms with Gasteiger partial charge in [0.2, 0.25) is 41.4 Å². The number of aromatic hydroxyl groups is 3. The molecule has 0 saturated heterocycles. The number of H-pyrrole nitrogens is 1. The lowest BCUT2D eigenvalue weighted by atomic mass is 9.96. The van der Waals surface area contributed by atoms with Gasteiger partial charge >= 0.3 is 17.9 Å². The first-order valence-corrected chi connectivity index (χ1v) is 25.7. The van der Waals surface area contributed by atoms with Gasteiger partial charge < -0.3 is 78.6 Å². The number of carboxylic acid groups (broad SMARTS) is 3. The Bertz CT molecular complexity index is 2760. The molecule has 9 atom stereocenters. The highest BCUT2D eigenvalue weighted by Gasteiger charge is 2.37. The molecule has 0 spiro atoms. The minimum atomic E-state index is -1.57. The lowest BCUT2D eigenvalue weighted by Gasteiger charge is -2.30. The van der Waals surface area contributed by atoms with Crippen LogP contribution in [0.3, 0.4) is 0 Å². The van der Waals surface area contributed by atoms with Crippen molar-refractivity contribution in [3.63, 3.8) is 0 Å². The number of carbonyl (C=O) groups is 10. The number of hydrogen-bond acceptors (Lipinski definition) is 15. The van der Waals surface area contributed by atoms with Gasteiger partial charge in [-0.2, -0.15) is 0 Å². The molecule has 0 aliphatic heterocycles. The fraction of sp³-hybridized carbons (Fsp3) is 0.426. The van der Waals surface area contributed by atoms with E-state index in [0.717, 1.165) is 0 Å². The Morgan fingerprint density at radius 2 is 0.863 bits per heavy atom. The first-order chi connectivity index (χ1) is 37.8. The van der Waals surface area contributed by atoms with Crippen LogP contribution in [0.5, 0.6) is 17.2 Å². The predicted octanol–water partition coefficient (Wildman–Crippen LogP) is 0.0343. The molecule has 26 heteroatoms. The third-order valence-corrected chi connectivity index (χ3v) is 12.9. The number of aromatic amines is 1. The molecular weight excluding hydrogens is 1040 g/mol. The SMILES string of the molecule is CC[C@H](C)[C@H](NC(=O)[C@H](CCC(=O)O)NC(=O)[C@@H](N)CCC(=O)O)C(=O)N[C@@H](Cc1ccc(O)cc1)C(=O)N[C@@H](Cc1ccc(O)cc1)C(=O)N[C@@H](Cc1ccc(O)cc1)C(=O)N[C@H](C(=O)N[C@@H](Cc1cnc[nH]1)C(=O)O)C(C)C. The molecule has 4 rings (SSSR count). The molecular formula is C54H70N10O16. The van der Waals surface area contributed by atoms with Crippen molar-refractivity contribution >= 4 is 59.3 Å². The number of benzene rings is 3. The lowest BCUT2D eigenvalue weighted by molar-refractivity contribution is -0.142. The molecule has 80 heavy (non-hydrogen) atoms. The Balaban J connectivity index is 1.70. The number of nitrogens with zero attached hydrogens (tertiary/aromatic N) is 1. The molecule has 1 heterocycles. The van der Waals surface area contributed by atoms with E-state index in [1.54, 1.807) is 27.7 Å². The maximum absolute atomic E-state index is 14.8. The number of nitrogens with one attached hydrogen (secondary N) is 8. The number of carboxylic acids is 3. The molecule has 0 radical (unpaired) electrons. The van der Waals surface area contributed by atoms with E-state index in [-0.39, 0.29) is 55.8 Å². The smallest absolute Gasteiger partial charge is 0.326 e. The summed E-state index contributed by atoms with van der Waals surface area (Å²) in [7, 11) is 0. The summed E-state index contributed by atoms with van der Waals surface area (Å²) in [5.41, 5.74) is 7.49. The molecule has 7 amide bonds. The third-order valence-electron chi connectivity index (χ3n) is 12.9. The Morgan fingerprint density at radius 3 is 1.26 bits per heavy atom. The van der Waals surface area contributed by atoms with Gasteiger partial charge in [0.1, 0.15) is 59.5 Å². The second-order valence-corrected chi connectivity index (χ2v) is 19.6. The van der Waals surface area contributed by atoms with Crippen molar-refractivity contribution < 1.29 is 78.6 Å². The van der Waals surface area contributed by atoms with Crippen LogP contribution in [0.25, 0.3) is 0 Å². The zero-order valence-corrected chi connectivity index (χ0v) is 44.5. The highest BCUT2D eigenvalue weighted by molar-refractivity contribution is 5.98. The number of imidazole rings is 1. The van der Waals surface area contributed by atoms with Crippen LogP contribution in [-0.2, 0) is 73.6 Å². The highest BCUT2D eigenvalue weighted by Crippen LogP contribution is 2.18. The molecule has 0 saturated carbocycles. The zero-order valence-electron chi connectivity index (χ0n) is 44.5. The predicted molar refractivity (Wildman–Crippen MR) is 285 cm³/mol. The first kappa shape index (κ1) is 63.5. The second kappa shape index (κ2) is 30.8. The normalized spacial score (nSPS) is 14.5. The van der Waals surface area contributed by atoms with E-state index >= 15 is 0 Å². The van der Waals surface area contributed by atoms with Crippen LogP contribution in [0.2, 0.25) is 0 Å². The van der Waals surface area contributed by atoms with Crippen molar-refractivity contribution in [3.05, 3.63) is 108 Å². The average molecular weight is 1120 g/mol. The molecule has 0 bridgehead atoms. The maximum atomic E-state index is 14.8. The van der Waals surface area contributed by atoms with E-state index in [1.807, 2.05) is 0 Å². The highest BCUT2D eigenvalue weighted by atomic mass is 16.4. The summed E-state index contributed by atoms with van der Waals surface area (Å²) >= 11 is 0. The summed E-state index contributed by atoms with van der Waals surface area (Å²) in [6, 6.07) is 4.96. The molecule has 432 valence electrons. The van der Waals surface area contributed by atoms with Gasteiger partial charge in [-0.3, -0.25) is 43.2 Å². The van der Waals surface area contributed by atoms with Crippen molar-refractivity contribution in [2.45, 2.75) is 134 Å². The van der Waals surface area contributed by atoms with Gasteiger partial charge in [0, 0.05) is 50.4 Å². The number of hydrogen-bond donors (Lipinski definition) is 15. The molecule has 3 aromatic carbocycles. The van der Waals surface area contributed by atoms with Gasteiger partial charge in [-0.1, -0.05) is 70.5 Å². The largest absolute Gasteiger partial charge is 0.508 e. The molecule has 0 fully saturated rings. The van der Waals surface area contributed by atoms with Gasteiger partial charge in [0.05, 0.1) is 12.4 Å². The third kappa shape index (κ3) is 20.7. The summed E-state index contributed by atoms with van der Waals surface area (Å²) in [5, 5.41) is 76.6. The second-order valence-electron chi connectivity index (χ2n) is 19.6. The van der Waals surface area contributed by atoms with Crippen LogP contribution in [0.15, 0.2) is 85.3 Å². The number of rotatable bonds is 32. The Labute approximate surface area is 460 Å². The van der Waals surface area contributed by atoms with Crippen molar-refractivity contribution in [2.75, 3.05) is 0 Å². The summed E-state index contributed by atoms with van der Waals surface area (Å²) < 4.78 is 0. The number of amides is 7. The van der Waals surface area contributed by atoms with Crippen molar-refractivity contribution in [2.24, 2.45) is 17.6 Å². The molecule has 4 aromatic rings.